The highest BCUT2D eigenvalue weighted by Gasteiger charge is 2.12. The second kappa shape index (κ2) is 7.68. The molecule has 0 spiro atoms. The van der Waals surface area contributed by atoms with Crippen LogP contribution >= 0.6 is 23.2 Å². The maximum absolute atomic E-state index is 13.0. The standard InChI is InChI=1S/C18H13Cl2FN4O/c1-10-8-16(17(26)23-12-4-2-11(21)3-5-12)25-18(22-10)24-13-6-7-14(19)15(20)9-13/h2-9H,1H3,(H,23,26)(H,22,24,25). The SMILES string of the molecule is Cc1cc(C(=O)Nc2ccc(F)cc2)nc(Nc2ccc(Cl)c(Cl)c2)n1. The van der Waals surface area contributed by atoms with E-state index >= 15 is 0 Å². The average molecular weight is 391 g/mol. The van der Waals surface area contributed by atoms with Crippen molar-refractivity contribution in [3.05, 3.63) is 75.8 Å². The van der Waals surface area contributed by atoms with Gasteiger partial charge in [-0.1, -0.05) is 23.2 Å². The van der Waals surface area contributed by atoms with Crippen molar-refractivity contribution in [2.45, 2.75) is 6.92 Å². The normalized spacial score (nSPS) is 10.5. The molecular formula is C18H13Cl2FN4O. The molecule has 8 heteroatoms. The number of amides is 1. The van der Waals surface area contributed by atoms with Crippen LogP contribution in [0.2, 0.25) is 10.0 Å². The van der Waals surface area contributed by atoms with Crippen LogP contribution in [0.25, 0.3) is 0 Å². The van der Waals surface area contributed by atoms with Crippen LogP contribution in [0, 0.1) is 12.7 Å². The largest absolute Gasteiger partial charge is 0.324 e. The predicted molar refractivity (Wildman–Crippen MR) is 101 cm³/mol. The third-order valence-electron chi connectivity index (χ3n) is 3.36. The fourth-order valence-corrected chi connectivity index (χ4v) is 2.47. The Morgan fingerprint density at radius 2 is 1.65 bits per heavy atom. The van der Waals surface area contributed by atoms with E-state index in [1.54, 1.807) is 31.2 Å². The Labute approximate surface area is 159 Å². The maximum Gasteiger partial charge on any atom is 0.274 e. The van der Waals surface area contributed by atoms with E-state index in [-0.39, 0.29) is 17.5 Å². The molecule has 0 fully saturated rings. The van der Waals surface area contributed by atoms with Crippen LogP contribution in [0.1, 0.15) is 16.2 Å². The molecule has 132 valence electrons. The highest BCUT2D eigenvalue weighted by atomic mass is 35.5. The van der Waals surface area contributed by atoms with Gasteiger partial charge >= 0.3 is 0 Å². The van der Waals surface area contributed by atoms with Gasteiger partial charge in [-0.05, 0) is 55.5 Å². The second-order valence-electron chi connectivity index (χ2n) is 5.43. The summed E-state index contributed by atoms with van der Waals surface area (Å²) in [5.74, 6) is -0.569. The van der Waals surface area contributed by atoms with E-state index in [1.807, 2.05) is 0 Å². The Morgan fingerprint density at radius 3 is 2.35 bits per heavy atom. The summed E-state index contributed by atoms with van der Waals surface area (Å²) in [4.78, 5) is 20.9. The van der Waals surface area contributed by atoms with Crippen molar-refractivity contribution in [2.24, 2.45) is 0 Å². The van der Waals surface area contributed by atoms with Crippen LogP contribution in [0.15, 0.2) is 48.5 Å². The molecule has 0 radical (unpaired) electrons. The van der Waals surface area contributed by atoms with E-state index in [4.69, 9.17) is 23.2 Å². The molecule has 26 heavy (non-hydrogen) atoms. The number of hydrogen-bond donors (Lipinski definition) is 2. The minimum atomic E-state index is -0.431. The highest BCUT2D eigenvalue weighted by Crippen LogP contribution is 2.26. The van der Waals surface area contributed by atoms with Crippen LogP contribution in [0.4, 0.5) is 21.7 Å². The van der Waals surface area contributed by atoms with E-state index < -0.39 is 5.91 Å². The smallest absolute Gasteiger partial charge is 0.274 e. The molecular weight excluding hydrogens is 378 g/mol. The molecule has 2 N–H and O–H groups in total. The Hall–Kier alpha value is -2.70. The second-order valence-corrected chi connectivity index (χ2v) is 6.25. The molecule has 1 amide bonds. The number of hydrogen-bond acceptors (Lipinski definition) is 4. The summed E-state index contributed by atoms with van der Waals surface area (Å²) in [5, 5.41) is 6.46. The fraction of sp³-hybridized carbons (Fsp3) is 0.0556. The summed E-state index contributed by atoms with van der Waals surface area (Å²) in [5.41, 5.74) is 1.87. The zero-order chi connectivity index (χ0) is 18.7. The summed E-state index contributed by atoms with van der Waals surface area (Å²) >= 11 is 11.9. The van der Waals surface area contributed by atoms with Gasteiger partial charge in [-0.2, -0.15) is 0 Å². The lowest BCUT2D eigenvalue weighted by Gasteiger charge is -2.09. The molecule has 0 saturated carbocycles. The van der Waals surface area contributed by atoms with Crippen LogP contribution in [-0.2, 0) is 0 Å². The average Bonchev–Trinajstić information content (AvgIpc) is 2.59. The molecule has 0 saturated heterocycles. The van der Waals surface area contributed by atoms with E-state index in [0.717, 1.165) is 0 Å². The topological polar surface area (TPSA) is 66.9 Å². The molecule has 0 aliphatic heterocycles. The predicted octanol–water partition coefficient (Wildman–Crippen LogP) is 5.23. The number of anilines is 3. The molecule has 0 unspecified atom stereocenters. The quantitative estimate of drug-likeness (QED) is 0.640. The van der Waals surface area contributed by atoms with Gasteiger partial charge in [0.25, 0.3) is 5.91 Å². The van der Waals surface area contributed by atoms with Crippen LogP contribution in [0.3, 0.4) is 0 Å². The molecule has 2 aromatic carbocycles. The van der Waals surface area contributed by atoms with E-state index in [9.17, 15) is 9.18 Å². The Balaban J connectivity index is 1.81. The number of halogens is 3. The van der Waals surface area contributed by atoms with Gasteiger partial charge in [0.15, 0.2) is 0 Å². The molecule has 1 heterocycles. The Morgan fingerprint density at radius 1 is 0.962 bits per heavy atom. The Kier molecular flexibility index (Phi) is 5.35. The van der Waals surface area contributed by atoms with Crippen molar-refractivity contribution in [2.75, 3.05) is 10.6 Å². The first kappa shape index (κ1) is 18.1. The Bertz CT molecular complexity index is 964. The summed E-state index contributed by atoms with van der Waals surface area (Å²) < 4.78 is 13.0. The lowest BCUT2D eigenvalue weighted by atomic mass is 10.2. The minimum absolute atomic E-state index is 0.171. The number of aromatic nitrogens is 2. The van der Waals surface area contributed by atoms with Gasteiger partial charge in [-0.3, -0.25) is 4.79 Å². The molecule has 1 aromatic heterocycles. The lowest BCUT2D eigenvalue weighted by molar-refractivity contribution is 0.102. The number of aryl methyl sites for hydroxylation is 1. The van der Waals surface area contributed by atoms with Gasteiger partial charge < -0.3 is 10.6 Å². The van der Waals surface area contributed by atoms with E-state index in [0.29, 0.717) is 27.1 Å². The number of benzene rings is 2. The van der Waals surface area contributed by atoms with Crippen LogP contribution in [-0.4, -0.2) is 15.9 Å². The highest BCUT2D eigenvalue weighted by molar-refractivity contribution is 6.42. The molecule has 5 nitrogen and oxygen atoms in total. The monoisotopic (exact) mass is 390 g/mol. The molecule has 0 bridgehead atoms. The lowest BCUT2D eigenvalue weighted by Crippen LogP contribution is -2.15. The van der Waals surface area contributed by atoms with Gasteiger partial charge in [0.2, 0.25) is 5.95 Å². The van der Waals surface area contributed by atoms with Crippen molar-refractivity contribution in [3.8, 4) is 0 Å². The molecule has 3 rings (SSSR count). The summed E-state index contributed by atoms with van der Waals surface area (Å²) in [6, 6.07) is 12.0. The molecule has 0 aliphatic carbocycles. The first-order valence-electron chi connectivity index (χ1n) is 7.55. The third kappa shape index (κ3) is 4.47. The molecule has 0 aliphatic rings. The van der Waals surface area contributed by atoms with Gasteiger partial charge in [0.1, 0.15) is 11.5 Å². The van der Waals surface area contributed by atoms with Crippen molar-refractivity contribution < 1.29 is 9.18 Å². The van der Waals surface area contributed by atoms with Crippen molar-refractivity contribution in [1.82, 2.24) is 9.97 Å². The third-order valence-corrected chi connectivity index (χ3v) is 4.10. The molecule has 0 atom stereocenters. The number of nitrogens with one attached hydrogen (secondary N) is 2. The van der Waals surface area contributed by atoms with Gasteiger partial charge in [-0.25, -0.2) is 14.4 Å². The maximum atomic E-state index is 13.0. The van der Waals surface area contributed by atoms with Gasteiger partial charge in [-0.15, -0.1) is 0 Å². The summed E-state index contributed by atoms with van der Waals surface area (Å²) in [6.45, 7) is 1.75. The van der Waals surface area contributed by atoms with Crippen molar-refractivity contribution in [1.29, 1.82) is 0 Å². The number of carbonyl (C=O) groups excluding carboxylic acids is 1. The zero-order valence-corrected chi connectivity index (χ0v) is 15.1. The van der Waals surface area contributed by atoms with Crippen molar-refractivity contribution in [3.63, 3.8) is 0 Å². The number of rotatable bonds is 4. The van der Waals surface area contributed by atoms with Crippen LogP contribution < -0.4 is 10.6 Å². The summed E-state index contributed by atoms with van der Waals surface area (Å²) in [6.07, 6.45) is 0. The zero-order valence-electron chi connectivity index (χ0n) is 13.6. The van der Waals surface area contributed by atoms with E-state index in [1.165, 1.54) is 24.3 Å². The minimum Gasteiger partial charge on any atom is -0.324 e. The fourth-order valence-electron chi connectivity index (χ4n) is 2.17. The van der Waals surface area contributed by atoms with Crippen molar-refractivity contribution >= 4 is 46.4 Å². The molecule has 3 aromatic rings. The van der Waals surface area contributed by atoms with Gasteiger partial charge in [0, 0.05) is 17.1 Å². The first-order chi connectivity index (χ1) is 12.4. The first-order valence-corrected chi connectivity index (χ1v) is 8.31. The number of nitrogens with zero attached hydrogens (tertiary/aromatic N) is 2. The number of carbonyl (C=O) groups is 1. The van der Waals surface area contributed by atoms with Crippen LogP contribution in [0.5, 0.6) is 0 Å². The van der Waals surface area contributed by atoms with Gasteiger partial charge in [0.05, 0.1) is 10.0 Å². The van der Waals surface area contributed by atoms with E-state index in [2.05, 4.69) is 20.6 Å². The summed E-state index contributed by atoms with van der Waals surface area (Å²) in [7, 11) is 0.